The molecule has 31 heavy (non-hydrogen) atoms. The van der Waals surface area contributed by atoms with E-state index in [0.717, 1.165) is 31.2 Å². The number of carbonyl (C=O) groups excluding carboxylic acids is 2. The Hall–Kier alpha value is -2.38. The van der Waals surface area contributed by atoms with Crippen molar-refractivity contribution in [1.82, 2.24) is 5.32 Å². The fraction of sp³-hybridized carbons (Fsp3) is 0.391. The quantitative estimate of drug-likeness (QED) is 0.633. The molecule has 0 saturated heterocycles. The third kappa shape index (κ3) is 6.55. The van der Waals surface area contributed by atoms with E-state index in [-0.39, 0.29) is 34.6 Å². The van der Waals surface area contributed by atoms with Crippen molar-refractivity contribution < 1.29 is 18.0 Å². The largest absolute Gasteiger partial charge is 0.349 e. The number of aryl methyl sites for hydroxylation is 1. The normalized spacial score (nSPS) is 14.8. The van der Waals surface area contributed by atoms with Crippen molar-refractivity contribution in [3.8, 4) is 0 Å². The monoisotopic (exact) mass is 462 g/mol. The van der Waals surface area contributed by atoms with E-state index in [4.69, 9.17) is 11.6 Å². The highest BCUT2D eigenvalue weighted by Gasteiger charge is 2.20. The highest BCUT2D eigenvalue weighted by Crippen LogP contribution is 2.23. The predicted octanol–water partition coefficient (Wildman–Crippen LogP) is 4.51. The number of amides is 2. The van der Waals surface area contributed by atoms with Crippen molar-refractivity contribution in [1.29, 1.82) is 0 Å². The fourth-order valence-corrected chi connectivity index (χ4v) is 5.05. The number of nitrogens with one attached hydrogen (secondary N) is 2. The predicted molar refractivity (Wildman–Crippen MR) is 122 cm³/mol. The first-order chi connectivity index (χ1) is 14.7. The second-order valence-corrected chi connectivity index (χ2v) is 10.4. The van der Waals surface area contributed by atoms with Crippen LogP contribution in [0.4, 0.5) is 5.69 Å². The molecule has 1 saturated carbocycles. The molecule has 166 valence electrons. The van der Waals surface area contributed by atoms with Crippen molar-refractivity contribution in [2.75, 3.05) is 11.1 Å². The van der Waals surface area contributed by atoms with E-state index in [9.17, 15) is 18.0 Å². The summed E-state index contributed by atoms with van der Waals surface area (Å²) in [7, 11) is -3.56. The van der Waals surface area contributed by atoms with Crippen LogP contribution in [0.3, 0.4) is 0 Å². The zero-order valence-electron chi connectivity index (χ0n) is 17.5. The topological polar surface area (TPSA) is 92.3 Å². The minimum atomic E-state index is -3.56. The zero-order valence-corrected chi connectivity index (χ0v) is 19.1. The van der Waals surface area contributed by atoms with Gasteiger partial charge in [0.2, 0.25) is 5.91 Å². The molecule has 2 amide bonds. The maximum Gasteiger partial charge on any atom is 0.253 e. The van der Waals surface area contributed by atoms with Gasteiger partial charge in [0, 0.05) is 18.2 Å². The van der Waals surface area contributed by atoms with Gasteiger partial charge in [-0.1, -0.05) is 48.6 Å². The van der Waals surface area contributed by atoms with E-state index in [1.807, 2.05) is 6.92 Å². The standard InChI is InChI=1S/C23H27ClN2O4S/c1-16-7-10-19(11-8-16)31(29,30)14-13-22(27)25-18-9-12-21(24)20(15-18)23(28)26-17-5-3-2-4-6-17/h7-12,15,17H,2-6,13-14H2,1H3,(H,25,27)(H,26,28). The van der Waals surface area contributed by atoms with Crippen LogP contribution < -0.4 is 10.6 Å². The Kier molecular flexibility index (Phi) is 7.73. The number of hydrogen-bond donors (Lipinski definition) is 2. The van der Waals surface area contributed by atoms with Gasteiger partial charge in [-0.05, 0) is 50.1 Å². The molecule has 0 atom stereocenters. The molecule has 0 radical (unpaired) electrons. The summed E-state index contributed by atoms with van der Waals surface area (Å²) in [5.41, 5.74) is 1.65. The minimum absolute atomic E-state index is 0.141. The minimum Gasteiger partial charge on any atom is -0.349 e. The van der Waals surface area contributed by atoms with Gasteiger partial charge in [0.1, 0.15) is 0 Å². The van der Waals surface area contributed by atoms with Crippen LogP contribution in [-0.2, 0) is 14.6 Å². The molecule has 3 rings (SSSR count). The number of halogens is 1. The molecule has 1 aliphatic rings. The first-order valence-electron chi connectivity index (χ1n) is 10.4. The molecule has 0 heterocycles. The zero-order chi connectivity index (χ0) is 22.4. The molecule has 8 heteroatoms. The van der Waals surface area contributed by atoms with Crippen molar-refractivity contribution in [2.45, 2.75) is 56.4 Å². The molecule has 2 N–H and O–H groups in total. The van der Waals surface area contributed by atoms with Crippen molar-refractivity contribution in [3.63, 3.8) is 0 Å². The van der Waals surface area contributed by atoms with Gasteiger partial charge >= 0.3 is 0 Å². The van der Waals surface area contributed by atoms with Crippen LogP contribution in [0, 0.1) is 6.92 Å². The Labute approximate surface area is 188 Å². The van der Waals surface area contributed by atoms with Crippen LogP contribution in [0.5, 0.6) is 0 Å². The van der Waals surface area contributed by atoms with E-state index < -0.39 is 15.7 Å². The van der Waals surface area contributed by atoms with Crippen LogP contribution in [0.1, 0.15) is 54.4 Å². The lowest BCUT2D eigenvalue weighted by Crippen LogP contribution is -2.36. The molecule has 2 aromatic rings. The van der Waals surface area contributed by atoms with Gasteiger partial charge in [-0.3, -0.25) is 9.59 Å². The number of rotatable bonds is 7. The second kappa shape index (κ2) is 10.3. The average molecular weight is 463 g/mol. The Balaban J connectivity index is 1.60. The highest BCUT2D eigenvalue weighted by molar-refractivity contribution is 7.91. The third-order valence-electron chi connectivity index (χ3n) is 5.41. The number of benzene rings is 2. The van der Waals surface area contributed by atoms with Gasteiger partial charge in [0.05, 0.1) is 21.2 Å². The fourth-order valence-electron chi connectivity index (χ4n) is 3.60. The molecule has 0 spiro atoms. The molecule has 2 aromatic carbocycles. The van der Waals surface area contributed by atoms with Gasteiger partial charge in [-0.2, -0.15) is 0 Å². The number of carbonyl (C=O) groups is 2. The smallest absolute Gasteiger partial charge is 0.253 e. The Morgan fingerprint density at radius 2 is 1.71 bits per heavy atom. The summed E-state index contributed by atoms with van der Waals surface area (Å²) in [5, 5.41) is 5.97. The lowest BCUT2D eigenvalue weighted by atomic mass is 9.95. The second-order valence-electron chi connectivity index (χ2n) is 7.93. The van der Waals surface area contributed by atoms with Gasteiger partial charge in [-0.25, -0.2) is 8.42 Å². The van der Waals surface area contributed by atoms with Crippen molar-refractivity contribution >= 4 is 38.9 Å². The first-order valence-corrected chi connectivity index (χ1v) is 12.5. The molecular formula is C23H27ClN2O4S. The average Bonchev–Trinajstić information content (AvgIpc) is 2.75. The van der Waals surface area contributed by atoms with Crippen LogP contribution >= 0.6 is 11.6 Å². The molecule has 0 unspecified atom stereocenters. The van der Waals surface area contributed by atoms with Gasteiger partial charge in [-0.15, -0.1) is 0 Å². The summed E-state index contributed by atoms with van der Waals surface area (Å²) in [6.07, 6.45) is 5.10. The molecule has 6 nitrogen and oxygen atoms in total. The van der Waals surface area contributed by atoms with Crippen LogP contribution in [0.15, 0.2) is 47.4 Å². The lowest BCUT2D eigenvalue weighted by molar-refractivity contribution is -0.115. The van der Waals surface area contributed by atoms with Gasteiger partial charge in [0.15, 0.2) is 9.84 Å². The highest BCUT2D eigenvalue weighted by atomic mass is 35.5. The number of sulfone groups is 1. The summed E-state index contributed by atoms with van der Waals surface area (Å²) in [4.78, 5) is 25.1. The van der Waals surface area contributed by atoms with Crippen molar-refractivity contribution in [2.24, 2.45) is 0 Å². The summed E-state index contributed by atoms with van der Waals surface area (Å²) in [5.74, 6) is -1.02. The van der Waals surface area contributed by atoms with Crippen LogP contribution in [-0.4, -0.2) is 32.0 Å². The summed E-state index contributed by atoms with van der Waals surface area (Å²) in [6.45, 7) is 1.87. The summed E-state index contributed by atoms with van der Waals surface area (Å²) in [6, 6.07) is 11.3. The molecule has 1 fully saturated rings. The molecule has 0 bridgehead atoms. The van der Waals surface area contributed by atoms with E-state index >= 15 is 0 Å². The van der Waals surface area contributed by atoms with Crippen LogP contribution in [0.2, 0.25) is 5.02 Å². The molecule has 1 aliphatic carbocycles. The maximum atomic E-state index is 12.6. The first kappa shape index (κ1) is 23.3. The lowest BCUT2D eigenvalue weighted by Gasteiger charge is -2.23. The summed E-state index contributed by atoms with van der Waals surface area (Å²) >= 11 is 6.19. The number of hydrogen-bond acceptors (Lipinski definition) is 4. The van der Waals surface area contributed by atoms with E-state index in [0.29, 0.717) is 10.7 Å². The maximum absolute atomic E-state index is 12.6. The van der Waals surface area contributed by atoms with E-state index in [2.05, 4.69) is 10.6 Å². The third-order valence-corrected chi connectivity index (χ3v) is 7.47. The van der Waals surface area contributed by atoms with Crippen LogP contribution in [0.25, 0.3) is 0 Å². The Morgan fingerprint density at radius 3 is 2.39 bits per heavy atom. The van der Waals surface area contributed by atoms with E-state index in [1.165, 1.54) is 12.5 Å². The van der Waals surface area contributed by atoms with Crippen molar-refractivity contribution in [3.05, 3.63) is 58.6 Å². The Morgan fingerprint density at radius 1 is 1.03 bits per heavy atom. The number of anilines is 1. The van der Waals surface area contributed by atoms with Gasteiger partial charge < -0.3 is 10.6 Å². The molecule has 0 aromatic heterocycles. The Bertz CT molecular complexity index is 1050. The van der Waals surface area contributed by atoms with Gasteiger partial charge in [0.25, 0.3) is 5.91 Å². The molecule has 0 aliphatic heterocycles. The molecular weight excluding hydrogens is 436 g/mol. The van der Waals surface area contributed by atoms with E-state index in [1.54, 1.807) is 36.4 Å². The SMILES string of the molecule is Cc1ccc(S(=O)(=O)CCC(=O)Nc2ccc(Cl)c(C(=O)NC3CCCCC3)c2)cc1. The summed E-state index contributed by atoms with van der Waals surface area (Å²) < 4.78 is 24.9.